The van der Waals surface area contributed by atoms with Crippen LogP contribution in [0.25, 0.3) is 0 Å². The molecular weight excluding hydrogens is 338 g/mol. The first kappa shape index (κ1) is 18.3. The van der Waals surface area contributed by atoms with E-state index in [-0.39, 0.29) is 11.7 Å². The van der Waals surface area contributed by atoms with Crippen molar-refractivity contribution in [2.45, 2.75) is 20.8 Å². The third-order valence-electron chi connectivity index (χ3n) is 4.30. The average molecular weight is 359 g/mol. The Balaban J connectivity index is 1.69. The lowest BCUT2D eigenvalue weighted by atomic mass is 10.1. The number of benzene rings is 2. The maximum atomic E-state index is 12.3. The first-order valence-electron chi connectivity index (χ1n) is 8.65. The summed E-state index contributed by atoms with van der Waals surface area (Å²) in [6.07, 6.45) is 1.64. The second-order valence-electron chi connectivity index (χ2n) is 6.41. The zero-order valence-electron chi connectivity index (χ0n) is 15.5. The van der Waals surface area contributed by atoms with E-state index in [1.807, 2.05) is 38.1 Å². The number of para-hydroxylation sites is 1. The van der Waals surface area contributed by atoms with Crippen LogP contribution in [0.2, 0.25) is 0 Å². The molecule has 0 aliphatic rings. The van der Waals surface area contributed by atoms with E-state index >= 15 is 0 Å². The van der Waals surface area contributed by atoms with Gasteiger partial charge in [-0.3, -0.25) is 9.59 Å². The number of carbonyl (C=O) groups excluding carboxylic acids is 2. The summed E-state index contributed by atoms with van der Waals surface area (Å²) >= 11 is 0. The molecule has 1 aromatic heterocycles. The molecular formula is C22H21N3O2. The van der Waals surface area contributed by atoms with Gasteiger partial charge in [-0.25, -0.2) is 4.98 Å². The van der Waals surface area contributed by atoms with Crippen molar-refractivity contribution in [1.29, 1.82) is 0 Å². The van der Waals surface area contributed by atoms with Crippen LogP contribution in [0.4, 0.5) is 17.1 Å². The molecule has 0 bridgehead atoms. The average Bonchev–Trinajstić information content (AvgIpc) is 2.66. The molecule has 0 fully saturated rings. The van der Waals surface area contributed by atoms with Crippen LogP contribution < -0.4 is 10.6 Å². The van der Waals surface area contributed by atoms with Gasteiger partial charge in [-0.1, -0.05) is 18.2 Å². The molecule has 0 atom stereocenters. The van der Waals surface area contributed by atoms with E-state index in [4.69, 9.17) is 0 Å². The van der Waals surface area contributed by atoms with E-state index in [2.05, 4.69) is 15.6 Å². The minimum atomic E-state index is -0.302. The Labute approximate surface area is 158 Å². The molecule has 3 aromatic rings. The molecule has 1 heterocycles. The minimum Gasteiger partial charge on any atom is -0.354 e. The number of nitrogens with zero attached hydrogens (tertiary/aromatic N) is 1. The lowest BCUT2D eigenvalue weighted by molar-refractivity contribution is 0.101. The molecule has 0 spiro atoms. The molecule has 27 heavy (non-hydrogen) atoms. The van der Waals surface area contributed by atoms with Gasteiger partial charge < -0.3 is 10.6 Å². The van der Waals surface area contributed by atoms with E-state index in [1.165, 1.54) is 6.92 Å². The van der Waals surface area contributed by atoms with Crippen molar-refractivity contribution < 1.29 is 9.59 Å². The Kier molecular flexibility index (Phi) is 5.31. The number of hydrogen-bond donors (Lipinski definition) is 2. The second-order valence-corrected chi connectivity index (χ2v) is 6.41. The smallest absolute Gasteiger partial charge is 0.274 e. The van der Waals surface area contributed by atoms with E-state index in [0.29, 0.717) is 16.9 Å². The van der Waals surface area contributed by atoms with Crippen LogP contribution in [0.5, 0.6) is 0 Å². The fraction of sp³-hybridized carbons (Fsp3) is 0.136. The monoisotopic (exact) mass is 359 g/mol. The summed E-state index contributed by atoms with van der Waals surface area (Å²) in [5.74, 6) is -0.314. The summed E-state index contributed by atoms with van der Waals surface area (Å²) in [6, 6.07) is 16.4. The second kappa shape index (κ2) is 7.83. The van der Waals surface area contributed by atoms with Gasteiger partial charge >= 0.3 is 0 Å². The minimum absolute atomic E-state index is 0.0125. The molecule has 0 radical (unpaired) electrons. The third-order valence-corrected chi connectivity index (χ3v) is 4.30. The van der Waals surface area contributed by atoms with E-state index in [1.54, 1.807) is 36.5 Å². The van der Waals surface area contributed by atoms with Crippen LogP contribution in [0.3, 0.4) is 0 Å². The summed E-state index contributed by atoms with van der Waals surface area (Å²) < 4.78 is 0. The topological polar surface area (TPSA) is 71.1 Å². The highest BCUT2D eigenvalue weighted by molar-refractivity contribution is 6.03. The molecule has 0 aliphatic carbocycles. The van der Waals surface area contributed by atoms with Crippen molar-refractivity contribution in [3.63, 3.8) is 0 Å². The van der Waals surface area contributed by atoms with Gasteiger partial charge in [0, 0.05) is 16.9 Å². The predicted octanol–water partition coefficient (Wildman–Crippen LogP) is 4.90. The number of aromatic nitrogens is 1. The molecule has 3 rings (SSSR count). The zero-order valence-corrected chi connectivity index (χ0v) is 15.5. The fourth-order valence-corrected chi connectivity index (χ4v) is 2.74. The number of hydrogen-bond acceptors (Lipinski definition) is 4. The number of amides is 1. The Morgan fingerprint density at radius 1 is 0.852 bits per heavy atom. The Hall–Kier alpha value is -3.47. The van der Waals surface area contributed by atoms with Crippen molar-refractivity contribution in [3.8, 4) is 0 Å². The van der Waals surface area contributed by atoms with Gasteiger partial charge in [0.1, 0.15) is 5.69 Å². The van der Waals surface area contributed by atoms with Crippen molar-refractivity contribution in [3.05, 3.63) is 83.2 Å². The summed E-state index contributed by atoms with van der Waals surface area (Å²) in [6.45, 7) is 5.59. The van der Waals surface area contributed by atoms with Crippen molar-refractivity contribution >= 4 is 28.8 Å². The highest BCUT2D eigenvalue weighted by Gasteiger charge is 2.09. The van der Waals surface area contributed by atoms with Gasteiger partial charge in [0.2, 0.25) is 0 Å². The maximum absolute atomic E-state index is 12.3. The van der Waals surface area contributed by atoms with Crippen molar-refractivity contribution in [2.75, 3.05) is 10.6 Å². The summed E-state index contributed by atoms with van der Waals surface area (Å²) in [7, 11) is 0. The van der Waals surface area contributed by atoms with Crippen molar-refractivity contribution in [2.24, 2.45) is 0 Å². The van der Waals surface area contributed by atoms with Crippen LogP contribution in [-0.2, 0) is 0 Å². The normalized spacial score (nSPS) is 10.3. The first-order valence-corrected chi connectivity index (χ1v) is 8.65. The molecule has 0 saturated heterocycles. The van der Waals surface area contributed by atoms with Gasteiger partial charge in [-0.2, -0.15) is 0 Å². The number of Topliss-reactive ketones (excluding diaryl/α,β-unsaturated/α-hetero) is 1. The highest BCUT2D eigenvalue weighted by atomic mass is 16.2. The number of anilines is 3. The SMILES string of the molecule is CC(=O)c1ccc(NC(=O)c2ccc(Nc3c(C)cccc3C)cn2)cc1. The van der Waals surface area contributed by atoms with Crippen LogP contribution in [0, 0.1) is 13.8 Å². The van der Waals surface area contributed by atoms with Gasteiger partial charge in [-0.05, 0) is 68.3 Å². The molecule has 5 nitrogen and oxygen atoms in total. The van der Waals surface area contributed by atoms with Crippen LogP contribution in [-0.4, -0.2) is 16.7 Å². The van der Waals surface area contributed by atoms with Gasteiger partial charge in [-0.15, -0.1) is 0 Å². The maximum Gasteiger partial charge on any atom is 0.274 e. The van der Waals surface area contributed by atoms with Gasteiger partial charge in [0.25, 0.3) is 5.91 Å². The van der Waals surface area contributed by atoms with Gasteiger partial charge in [0.05, 0.1) is 11.9 Å². The zero-order chi connectivity index (χ0) is 19.4. The third kappa shape index (κ3) is 4.39. The molecule has 1 amide bonds. The Morgan fingerprint density at radius 3 is 2.04 bits per heavy atom. The standard InChI is InChI=1S/C22H21N3O2/c1-14-5-4-6-15(2)21(14)24-19-11-12-20(23-13-19)22(27)25-18-9-7-17(8-10-18)16(3)26/h4-13,24H,1-3H3,(H,25,27). The Bertz CT molecular complexity index is 957. The first-order chi connectivity index (χ1) is 12.9. The number of pyridine rings is 1. The lowest BCUT2D eigenvalue weighted by Crippen LogP contribution is -2.13. The molecule has 0 unspecified atom stereocenters. The largest absolute Gasteiger partial charge is 0.354 e. The number of nitrogens with one attached hydrogen (secondary N) is 2. The molecule has 0 saturated carbocycles. The predicted molar refractivity (Wildman–Crippen MR) is 108 cm³/mol. The van der Waals surface area contributed by atoms with Crippen molar-refractivity contribution in [1.82, 2.24) is 4.98 Å². The summed E-state index contributed by atoms with van der Waals surface area (Å²) in [5.41, 5.74) is 5.68. The molecule has 0 aliphatic heterocycles. The van der Waals surface area contributed by atoms with E-state index in [0.717, 1.165) is 22.5 Å². The number of ketones is 1. The highest BCUT2D eigenvalue weighted by Crippen LogP contribution is 2.24. The summed E-state index contributed by atoms with van der Waals surface area (Å²) in [4.78, 5) is 27.9. The van der Waals surface area contributed by atoms with Gasteiger partial charge in [0.15, 0.2) is 5.78 Å². The molecule has 5 heteroatoms. The number of carbonyl (C=O) groups is 2. The number of rotatable bonds is 5. The van der Waals surface area contributed by atoms with E-state index < -0.39 is 0 Å². The fourth-order valence-electron chi connectivity index (χ4n) is 2.74. The van der Waals surface area contributed by atoms with Crippen LogP contribution in [0.15, 0.2) is 60.8 Å². The quantitative estimate of drug-likeness (QED) is 0.636. The van der Waals surface area contributed by atoms with Crippen LogP contribution in [0.1, 0.15) is 38.9 Å². The number of aryl methyl sites for hydroxylation is 2. The molecule has 2 N–H and O–H groups in total. The lowest BCUT2D eigenvalue weighted by Gasteiger charge is -2.12. The summed E-state index contributed by atoms with van der Waals surface area (Å²) in [5, 5.41) is 6.13. The van der Waals surface area contributed by atoms with Crippen LogP contribution >= 0.6 is 0 Å². The Morgan fingerprint density at radius 2 is 1.48 bits per heavy atom. The molecule has 136 valence electrons. The molecule has 2 aromatic carbocycles. The van der Waals surface area contributed by atoms with E-state index in [9.17, 15) is 9.59 Å².